The number of amides is 2. The lowest BCUT2D eigenvalue weighted by Crippen LogP contribution is -2.45. The molecule has 3 aromatic rings. The third-order valence-corrected chi connectivity index (χ3v) is 4.66. The van der Waals surface area contributed by atoms with Crippen molar-refractivity contribution in [3.63, 3.8) is 0 Å². The van der Waals surface area contributed by atoms with Crippen LogP contribution in [0.4, 0.5) is 10.5 Å². The minimum absolute atomic E-state index is 0.0198. The zero-order valence-corrected chi connectivity index (χ0v) is 14.0. The number of hydrogen-bond acceptors (Lipinski definition) is 1. The van der Waals surface area contributed by atoms with Gasteiger partial charge in [-0.3, -0.25) is 4.90 Å². The van der Waals surface area contributed by atoms with Crippen molar-refractivity contribution >= 4 is 11.7 Å². The van der Waals surface area contributed by atoms with E-state index in [1.165, 1.54) is 22.3 Å². The number of urea groups is 1. The fourth-order valence-electron chi connectivity index (χ4n) is 3.38. The zero-order chi connectivity index (χ0) is 17.1. The molecule has 3 nitrogen and oxygen atoms in total. The number of nitrogens with one attached hydrogen (secondary N) is 1. The van der Waals surface area contributed by atoms with Gasteiger partial charge in [0.1, 0.15) is 0 Å². The summed E-state index contributed by atoms with van der Waals surface area (Å²) in [5.74, 6) is 0. The van der Waals surface area contributed by atoms with Crippen molar-refractivity contribution < 1.29 is 4.79 Å². The summed E-state index contributed by atoms with van der Waals surface area (Å²) in [6.45, 7) is 1.24. The number of benzene rings is 3. The van der Waals surface area contributed by atoms with E-state index in [2.05, 4.69) is 35.6 Å². The van der Waals surface area contributed by atoms with Gasteiger partial charge in [-0.25, -0.2) is 4.79 Å². The Morgan fingerprint density at radius 3 is 2.32 bits per heavy atom. The molecule has 0 saturated heterocycles. The Hall–Kier alpha value is -3.07. The number of anilines is 1. The van der Waals surface area contributed by atoms with Crippen LogP contribution in [0.1, 0.15) is 11.1 Å². The Morgan fingerprint density at radius 2 is 1.56 bits per heavy atom. The number of hydrogen-bond donors (Lipinski definition) is 1. The molecule has 4 rings (SSSR count). The van der Waals surface area contributed by atoms with E-state index in [0.29, 0.717) is 13.1 Å². The predicted octanol–water partition coefficient (Wildman–Crippen LogP) is 4.63. The van der Waals surface area contributed by atoms with Crippen LogP contribution in [0.3, 0.4) is 0 Å². The minimum Gasteiger partial charge on any atom is -0.334 e. The maximum Gasteiger partial charge on any atom is 0.322 e. The Morgan fingerprint density at radius 1 is 0.840 bits per heavy atom. The van der Waals surface area contributed by atoms with Crippen LogP contribution in [-0.2, 0) is 13.0 Å². The number of rotatable bonds is 4. The summed E-state index contributed by atoms with van der Waals surface area (Å²) in [7, 11) is 0. The monoisotopic (exact) mass is 328 g/mol. The van der Waals surface area contributed by atoms with Crippen molar-refractivity contribution in [1.29, 1.82) is 0 Å². The number of carbonyl (C=O) groups excluding carboxylic acids is 1. The molecule has 0 atom stereocenters. The highest BCUT2D eigenvalue weighted by Gasteiger charge is 2.25. The lowest BCUT2D eigenvalue weighted by molar-refractivity contribution is 0.244. The van der Waals surface area contributed by atoms with E-state index in [9.17, 15) is 4.79 Å². The molecule has 0 radical (unpaired) electrons. The maximum atomic E-state index is 12.4. The fourth-order valence-corrected chi connectivity index (χ4v) is 3.38. The van der Waals surface area contributed by atoms with Gasteiger partial charge in [-0.05, 0) is 29.2 Å². The average molecular weight is 328 g/mol. The summed E-state index contributed by atoms with van der Waals surface area (Å²) in [5.41, 5.74) is 5.80. The molecule has 1 heterocycles. The van der Waals surface area contributed by atoms with Crippen LogP contribution in [0.25, 0.3) is 11.1 Å². The molecule has 0 aliphatic carbocycles. The molecular weight excluding hydrogens is 308 g/mol. The van der Waals surface area contributed by atoms with Gasteiger partial charge in [-0.15, -0.1) is 0 Å². The van der Waals surface area contributed by atoms with Crippen LogP contribution in [-0.4, -0.2) is 12.6 Å². The van der Waals surface area contributed by atoms with Crippen LogP contribution in [0.2, 0.25) is 0 Å². The molecule has 25 heavy (non-hydrogen) atoms. The number of fused-ring (bicyclic) bond motifs is 1. The maximum absolute atomic E-state index is 12.4. The van der Waals surface area contributed by atoms with Crippen LogP contribution >= 0.6 is 0 Å². The predicted molar refractivity (Wildman–Crippen MR) is 102 cm³/mol. The molecule has 0 saturated carbocycles. The largest absolute Gasteiger partial charge is 0.334 e. The lowest BCUT2D eigenvalue weighted by Gasteiger charge is -2.31. The van der Waals surface area contributed by atoms with Crippen molar-refractivity contribution in [2.75, 3.05) is 11.4 Å². The van der Waals surface area contributed by atoms with Crippen LogP contribution < -0.4 is 10.2 Å². The Labute approximate surface area is 147 Å². The quantitative estimate of drug-likeness (QED) is 0.744. The van der Waals surface area contributed by atoms with E-state index < -0.39 is 0 Å². The van der Waals surface area contributed by atoms with Gasteiger partial charge < -0.3 is 5.32 Å². The first-order valence-corrected chi connectivity index (χ1v) is 8.59. The molecule has 124 valence electrons. The van der Waals surface area contributed by atoms with Gasteiger partial charge in [0.15, 0.2) is 0 Å². The van der Waals surface area contributed by atoms with Crippen molar-refractivity contribution in [3.05, 3.63) is 90.0 Å². The second-order valence-corrected chi connectivity index (χ2v) is 6.22. The Bertz CT molecular complexity index is 875. The molecule has 0 spiro atoms. The molecule has 1 aliphatic heterocycles. The van der Waals surface area contributed by atoms with Crippen molar-refractivity contribution in [3.8, 4) is 11.1 Å². The smallest absolute Gasteiger partial charge is 0.322 e. The van der Waals surface area contributed by atoms with E-state index in [0.717, 1.165) is 12.1 Å². The normalized spacial score (nSPS) is 13.3. The summed E-state index contributed by atoms with van der Waals surface area (Å²) in [6, 6.07) is 26.8. The Kier molecular flexibility index (Phi) is 4.21. The molecule has 1 aliphatic rings. The molecular formula is C22H20N2O. The SMILES string of the molecule is O=C1NCc2c(-c3ccccc3)cccc2N1CCc1ccccc1. The third-order valence-electron chi connectivity index (χ3n) is 4.66. The van der Waals surface area contributed by atoms with Gasteiger partial charge in [-0.1, -0.05) is 72.8 Å². The standard InChI is InChI=1S/C22H20N2O/c25-22-23-16-20-19(18-10-5-2-6-11-18)12-7-13-21(20)24(22)15-14-17-8-3-1-4-9-17/h1-13H,14-16H2,(H,23,25). The van der Waals surface area contributed by atoms with Gasteiger partial charge >= 0.3 is 6.03 Å². The molecule has 0 bridgehead atoms. The highest BCUT2D eigenvalue weighted by molar-refractivity contribution is 5.96. The first kappa shape index (κ1) is 15.5. The van der Waals surface area contributed by atoms with Crippen molar-refractivity contribution in [1.82, 2.24) is 5.32 Å². The molecule has 0 fully saturated rings. The topological polar surface area (TPSA) is 32.3 Å². The first-order chi connectivity index (χ1) is 12.3. The summed E-state index contributed by atoms with van der Waals surface area (Å²) in [4.78, 5) is 14.3. The van der Waals surface area contributed by atoms with Gasteiger partial charge in [0.25, 0.3) is 0 Å². The Balaban J connectivity index is 1.66. The lowest BCUT2D eigenvalue weighted by atomic mass is 9.96. The molecule has 0 unspecified atom stereocenters. The van der Waals surface area contributed by atoms with Gasteiger partial charge in [0, 0.05) is 18.7 Å². The third kappa shape index (κ3) is 3.13. The number of carbonyl (C=O) groups is 1. The molecule has 2 amide bonds. The summed E-state index contributed by atoms with van der Waals surface area (Å²) in [6.07, 6.45) is 0.837. The van der Waals surface area contributed by atoms with E-state index in [1.54, 1.807) is 0 Å². The second-order valence-electron chi connectivity index (χ2n) is 6.22. The van der Waals surface area contributed by atoms with Gasteiger partial charge in [-0.2, -0.15) is 0 Å². The van der Waals surface area contributed by atoms with Crippen LogP contribution in [0.5, 0.6) is 0 Å². The van der Waals surface area contributed by atoms with Gasteiger partial charge in [0.2, 0.25) is 0 Å². The molecule has 3 aromatic carbocycles. The average Bonchev–Trinajstić information content (AvgIpc) is 2.68. The van der Waals surface area contributed by atoms with Gasteiger partial charge in [0.05, 0.1) is 5.69 Å². The molecule has 3 heteroatoms. The van der Waals surface area contributed by atoms with Crippen LogP contribution in [0, 0.1) is 0 Å². The summed E-state index contributed by atoms with van der Waals surface area (Å²) in [5, 5.41) is 3.02. The minimum atomic E-state index is -0.0198. The summed E-state index contributed by atoms with van der Waals surface area (Å²) < 4.78 is 0. The molecule has 1 N–H and O–H groups in total. The van der Waals surface area contributed by atoms with Crippen molar-refractivity contribution in [2.45, 2.75) is 13.0 Å². The second kappa shape index (κ2) is 6.81. The van der Waals surface area contributed by atoms with Crippen molar-refractivity contribution in [2.24, 2.45) is 0 Å². The number of nitrogens with zero attached hydrogens (tertiary/aromatic N) is 1. The fraction of sp³-hybridized carbons (Fsp3) is 0.136. The highest BCUT2D eigenvalue weighted by Crippen LogP contribution is 2.33. The summed E-state index contributed by atoms with van der Waals surface area (Å²) >= 11 is 0. The zero-order valence-electron chi connectivity index (χ0n) is 14.0. The molecule has 0 aromatic heterocycles. The van der Waals surface area contributed by atoms with E-state index in [4.69, 9.17) is 0 Å². The first-order valence-electron chi connectivity index (χ1n) is 8.59. The van der Waals surface area contributed by atoms with Crippen LogP contribution in [0.15, 0.2) is 78.9 Å². The van der Waals surface area contributed by atoms with E-state index in [1.807, 2.05) is 53.4 Å². The van der Waals surface area contributed by atoms with E-state index >= 15 is 0 Å². The van der Waals surface area contributed by atoms with E-state index in [-0.39, 0.29) is 6.03 Å². The highest BCUT2D eigenvalue weighted by atomic mass is 16.2.